The van der Waals surface area contributed by atoms with Crippen LogP contribution in [-0.4, -0.2) is 19.5 Å². The Morgan fingerprint density at radius 2 is 1.08 bits per heavy atom. The molecular weight excluding hydrogens is 649 g/mol. The molecule has 9 aromatic rings. The monoisotopic (exact) mass is 688 g/mol. The van der Waals surface area contributed by atoms with Crippen LogP contribution in [0.4, 0.5) is 0 Å². The molecule has 3 heterocycles. The second-order valence-corrected chi connectivity index (χ2v) is 16.1. The number of rotatable bonds is 4. The second kappa shape index (κ2) is 11.0. The molecule has 0 atom stereocenters. The van der Waals surface area contributed by atoms with E-state index in [-0.39, 0.29) is 16.2 Å². The summed E-state index contributed by atoms with van der Waals surface area (Å²) in [4.78, 5) is 15.4. The zero-order valence-corrected chi connectivity index (χ0v) is 30.9. The van der Waals surface area contributed by atoms with Gasteiger partial charge in [-0.25, -0.2) is 15.0 Å². The van der Waals surface area contributed by atoms with Crippen LogP contribution in [0.15, 0.2) is 138 Å². The molecule has 258 valence electrons. The first-order valence-electron chi connectivity index (χ1n) is 18.5. The highest BCUT2D eigenvalue weighted by Gasteiger charge is 2.57. The molecule has 0 radical (unpaired) electrons. The van der Waals surface area contributed by atoms with Crippen molar-refractivity contribution in [1.29, 1.82) is 0 Å². The Morgan fingerprint density at radius 3 is 1.83 bits per heavy atom. The van der Waals surface area contributed by atoms with Crippen LogP contribution in [0.1, 0.15) is 52.7 Å². The number of hydrogen-bond donors (Lipinski definition) is 0. The van der Waals surface area contributed by atoms with Crippen molar-refractivity contribution in [3.63, 3.8) is 0 Å². The molecule has 0 unspecified atom stereocenters. The summed E-state index contributed by atoms with van der Waals surface area (Å²) in [5.74, 6) is 1.82. The Morgan fingerprint density at radius 1 is 0.472 bits per heavy atom. The van der Waals surface area contributed by atoms with Crippen LogP contribution in [0.3, 0.4) is 0 Å². The minimum Gasteiger partial charge on any atom is -0.455 e. The maximum atomic E-state index is 6.46. The summed E-state index contributed by atoms with van der Waals surface area (Å²) in [7, 11) is 0. The van der Waals surface area contributed by atoms with E-state index in [0.717, 1.165) is 49.8 Å². The van der Waals surface area contributed by atoms with Gasteiger partial charge >= 0.3 is 0 Å². The molecule has 6 aromatic carbocycles. The van der Waals surface area contributed by atoms with E-state index in [2.05, 4.69) is 125 Å². The third-order valence-electron chi connectivity index (χ3n) is 13.0. The number of benzene rings is 6. The average molecular weight is 689 g/mol. The van der Waals surface area contributed by atoms with Crippen LogP contribution in [0.5, 0.6) is 0 Å². The van der Waals surface area contributed by atoms with Crippen LogP contribution in [0.25, 0.3) is 83.6 Å². The number of aromatic nitrogens is 4. The van der Waals surface area contributed by atoms with Crippen molar-refractivity contribution in [2.24, 2.45) is 5.41 Å². The minimum atomic E-state index is -0.0236. The molecular formula is C48H40N4O. The highest BCUT2D eigenvalue weighted by Crippen LogP contribution is 2.62. The molecule has 0 saturated carbocycles. The Labute approximate surface area is 309 Å². The van der Waals surface area contributed by atoms with Gasteiger partial charge in [-0.15, -0.1) is 0 Å². The molecule has 5 heteroatoms. The molecule has 0 amide bonds. The van der Waals surface area contributed by atoms with E-state index in [9.17, 15) is 0 Å². The summed E-state index contributed by atoms with van der Waals surface area (Å²) in [6.07, 6.45) is 0. The van der Waals surface area contributed by atoms with Crippen molar-refractivity contribution in [2.75, 3.05) is 0 Å². The van der Waals surface area contributed by atoms with Crippen molar-refractivity contribution in [3.05, 3.63) is 145 Å². The molecule has 0 N–H and O–H groups in total. The van der Waals surface area contributed by atoms with E-state index in [1.807, 2.05) is 54.6 Å². The lowest BCUT2D eigenvalue weighted by Gasteiger charge is -2.44. The molecule has 0 bridgehead atoms. The number of hydrogen-bond acceptors (Lipinski definition) is 4. The Hall–Kier alpha value is -6.07. The summed E-state index contributed by atoms with van der Waals surface area (Å²) in [6.45, 7) is 14.5. The zero-order valence-electron chi connectivity index (χ0n) is 30.9. The molecule has 0 fully saturated rings. The third-order valence-corrected chi connectivity index (χ3v) is 13.0. The van der Waals surface area contributed by atoms with Crippen molar-refractivity contribution in [3.8, 4) is 39.9 Å². The van der Waals surface area contributed by atoms with Gasteiger partial charge in [0.05, 0.1) is 16.6 Å². The van der Waals surface area contributed by atoms with Gasteiger partial charge in [-0.2, -0.15) is 0 Å². The van der Waals surface area contributed by atoms with Gasteiger partial charge in [-0.1, -0.05) is 120 Å². The lowest BCUT2D eigenvalue weighted by atomic mass is 9.59. The molecule has 0 saturated heterocycles. The predicted octanol–water partition coefficient (Wildman–Crippen LogP) is 12.5. The fourth-order valence-electron chi connectivity index (χ4n) is 8.81. The van der Waals surface area contributed by atoms with Gasteiger partial charge in [0, 0.05) is 38.4 Å². The van der Waals surface area contributed by atoms with E-state index in [1.54, 1.807) is 0 Å². The van der Waals surface area contributed by atoms with Gasteiger partial charge in [-0.05, 0) is 82.0 Å². The van der Waals surface area contributed by atoms with Gasteiger partial charge in [0.2, 0.25) is 0 Å². The van der Waals surface area contributed by atoms with Gasteiger partial charge < -0.3 is 8.98 Å². The largest absolute Gasteiger partial charge is 0.455 e. The number of furan rings is 1. The molecule has 0 aliphatic heterocycles. The minimum absolute atomic E-state index is 0.0129. The van der Waals surface area contributed by atoms with Crippen LogP contribution >= 0.6 is 0 Å². The van der Waals surface area contributed by atoms with Gasteiger partial charge in [0.1, 0.15) is 11.2 Å². The number of nitrogens with zero attached hydrogens (tertiary/aromatic N) is 4. The molecule has 53 heavy (non-hydrogen) atoms. The molecule has 5 nitrogen and oxygen atoms in total. The van der Waals surface area contributed by atoms with Crippen LogP contribution < -0.4 is 0 Å². The van der Waals surface area contributed by atoms with E-state index in [0.29, 0.717) is 17.5 Å². The lowest BCUT2D eigenvalue weighted by molar-refractivity contribution is 0.125. The molecule has 10 rings (SSSR count). The smallest absolute Gasteiger partial charge is 0.167 e. The van der Waals surface area contributed by atoms with Crippen molar-refractivity contribution in [1.82, 2.24) is 19.5 Å². The summed E-state index contributed by atoms with van der Waals surface area (Å²) in [5, 5.41) is 4.52. The van der Waals surface area contributed by atoms with Gasteiger partial charge in [-0.3, -0.25) is 0 Å². The molecule has 0 spiro atoms. The maximum Gasteiger partial charge on any atom is 0.167 e. The molecule has 3 aromatic heterocycles. The standard InChI is InChI=1S/C48H40N4O/c1-46(2)37-27-36-35-26-30(24-25-39(35)52(31-18-11-8-12-19-31)40(36)28-38(37)47(3,4)48(46,5)6)44-49-43(29-16-9-7-10-17-29)50-45(51-44)34-22-15-21-33-32-20-13-14-23-41(32)53-42(33)34/h7-28H,1-6H3. The topological polar surface area (TPSA) is 56.7 Å². The quantitative estimate of drug-likeness (QED) is 0.185. The first kappa shape index (κ1) is 31.6. The van der Waals surface area contributed by atoms with Crippen LogP contribution in [0.2, 0.25) is 0 Å². The van der Waals surface area contributed by atoms with Crippen molar-refractivity contribution < 1.29 is 4.42 Å². The van der Waals surface area contributed by atoms with E-state index in [1.165, 1.54) is 27.4 Å². The summed E-state index contributed by atoms with van der Waals surface area (Å²) < 4.78 is 8.88. The van der Waals surface area contributed by atoms with Crippen molar-refractivity contribution >= 4 is 43.7 Å². The second-order valence-electron chi connectivity index (χ2n) is 16.1. The van der Waals surface area contributed by atoms with Crippen LogP contribution in [-0.2, 0) is 10.8 Å². The Balaban J connectivity index is 1.24. The normalized spacial score (nSPS) is 15.8. The Bertz CT molecular complexity index is 2910. The SMILES string of the molecule is CC1(C)c2cc3c4cc(-c5nc(-c6ccccc6)nc(-c6cccc7c6oc6ccccc67)n5)ccc4n(-c4ccccc4)c3cc2C(C)(C)C1(C)C. The number of fused-ring (bicyclic) bond motifs is 7. The predicted molar refractivity (Wildman–Crippen MR) is 218 cm³/mol. The van der Waals surface area contributed by atoms with Crippen LogP contribution in [0, 0.1) is 5.41 Å². The molecule has 1 aliphatic carbocycles. The third kappa shape index (κ3) is 4.40. The summed E-state index contributed by atoms with van der Waals surface area (Å²) in [6, 6.07) is 46.8. The fourth-order valence-corrected chi connectivity index (χ4v) is 8.81. The van der Waals surface area contributed by atoms with Crippen molar-refractivity contribution in [2.45, 2.75) is 52.4 Å². The highest BCUT2D eigenvalue weighted by atomic mass is 16.3. The first-order valence-corrected chi connectivity index (χ1v) is 18.5. The number of para-hydroxylation sites is 3. The fraction of sp³-hybridized carbons (Fsp3) is 0.188. The first-order chi connectivity index (χ1) is 25.5. The summed E-state index contributed by atoms with van der Waals surface area (Å²) >= 11 is 0. The lowest BCUT2D eigenvalue weighted by Crippen LogP contribution is -2.42. The maximum absolute atomic E-state index is 6.46. The van der Waals surface area contributed by atoms with E-state index >= 15 is 0 Å². The highest BCUT2D eigenvalue weighted by molar-refractivity contribution is 6.11. The van der Waals surface area contributed by atoms with Gasteiger partial charge in [0.25, 0.3) is 0 Å². The Kier molecular flexibility index (Phi) is 6.55. The molecule has 1 aliphatic rings. The van der Waals surface area contributed by atoms with Gasteiger partial charge in [0.15, 0.2) is 17.5 Å². The zero-order chi connectivity index (χ0) is 36.3. The average Bonchev–Trinajstić information content (AvgIpc) is 3.75. The summed E-state index contributed by atoms with van der Waals surface area (Å²) in [5.41, 5.74) is 10.7. The van der Waals surface area contributed by atoms with E-state index in [4.69, 9.17) is 19.4 Å². The van der Waals surface area contributed by atoms with E-state index < -0.39 is 0 Å².